The summed E-state index contributed by atoms with van der Waals surface area (Å²) >= 11 is 0. The van der Waals surface area contributed by atoms with E-state index in [1.807, 2.05) is 0 Å². The molecule has 584 valence electrons. The second-order valence-corrected chi connectivity index (χ2v) is 31.6. The smallest absolute Gasteiger partial charge is 0.462 e. The van der Waals surface area contributed by atoms with Gasteiger partial charge in [-0.15, -0.1) is 0 Å². The van der Waals surface area contributed by atoms with Crippen LogP contribution in [0.5, 0.6) is 0 Å². The van der Waals surface area contributed by atoms with Crippen LogP contribution in [0.1, 0.15) is 476 Å². The molecular formula is C89H170NO8P. The number of phosphoric acid groups is 1. The zero-order chi connectivity index (χ0) is 71.5. The van der Waals surface area contributed by atoms with Gasteiger partial charge in [0.2, 0.25) is 0 Å². The summed E-state index contributed by atoms with van der Waals surface area (Å²) in [5.74, 6) is -0.797. The predicted molar refractivity (Wildman–Crippen MR) is 432 cm³/mol. The summed E-state index contributed by atoms with van der Waals surface area (Å²) in [6.07, 6.45) is 112. The Bertz CT molecular complexity index is 1770. The fourth-order valence-electron chi connectivity index (χ4n) is 13.8. The van der Waals surface area contributed by atoms with Gasteiger partial charge in [-0.25, -0.2) is 4.57 Å². The molecule has 2 unspecified atom stereocenters. The molecule has 0 saturated heterocycles. The second kappa shape index (κ2) is 84.9. The van der Waals surface area contributed by atoms with Gasteiger partial charge in [-0.05, 0) is 51.4 Å². The number of hydrogen-bond acceptors (Lipinski definition) is 8. The summed E-state index contributed by atoms with van der Waals surface area (Å²) in [7, 11) is -4.40. The highest BCUT2D eigenvalue weighted by Gasteiger charge is 2.26. The van der Waals surface area contributed by atoms with E-state index in [1.54, 1.807) is 0 Å². The van der Waals surface area contributed by atoms with Crippen molar-refractivity contribution in [2.24, 2.45) is 5.73 Å². The van der Waals surface area contributed by atoms with Crippen molar-refractivity contribution < 1.29 is 37.6 Å². The molecule has 0 aromatic carbocycles. The summed E-state index contributed by atoms with van der Waals surface area (Å²) in [6.45, 7) is 3.73. The number of allylic oxidation sites excluding steroid dienone is 8. The molecule has 0 saturated carbocycles. The van der Waals surface area contributed by atoms with E-state index in [0.717, 1.165) is 57.8 Å². The molecule has 0 spiro atoms. The van der Waals surface area contributed by atoms with Gasteiger partial charge >= 0.3 is 19.8 Å². The number of phosphoric ester groups is 1. The van der Waals surface area contributed by atoms with E-state index in [-0.39, 0.29) is 38.6 Å². The first-order valence-corrected chi connectivity index (χ1v) is 45.6. The van der Waals surface area contributed by atoms with Gasteiger partial charge in [0.15, 0.2) is 6.10 Å². The van der Waals surface area contributed by atoms with Crippen LogP contribution in [0.4, 0.5) is 0 Å². The summed E-state index contributed by atoms with van der Waals surface area (Å²) in [6, 6.07) is 0. The van der Waals surface area contributed by atoms with Crippen molar-refractivity contribution >= 4 is 19.8 Å². The Morgan fingerprint density at radius 3 is 0.828 bits per heavy atom. The van der Waals surface area contributed by atoms with Crippen LogP contribution < -0.4 is 5.73 Å². The van der Waals surface area contributed by atoms with Gasteiger partial charge in [0.05, 0.1) is 13.2 Å². The molecular weight excluding hydrogens is 1240 g/mol. The average molecular weight is 1410 g/mol. The largest absolute Gasteiger partial charge is 0.472 e. The Balaban J connectivity index is 3.69. The maximum Gasteiger partial charge on any atom is 0.472 e. The van der Waals surface area contributed by atoms with Crippen molar-refractivity contribution in [2.75, 3.05) is 26.4 Å². The van der Waals surface area contributed by atoms with Crippen LogP contribution in [0, 0.1) is 0 Å². The van der Waals surface area contributed by atoms with Crippen molar-refractivity contribution in [3.05, 3.63) is 48.6 Å². The van der Waals surface area contributed by atoms with Crippen LogP contribution in [0.2, 0.25) is 0 Å². The van der Waals surface area contributed by atoms with Crippen LogP contribution in [-0.4, -0.2) is 49.3 Å². The fourth-order valence-corrected chi connectivity index (χ4v) is 14.5. The zero-order valence-electron chi connectivity index (χ0n) is 66.3. The van der Waals surface area contributed by atoms with Crippen LogP contribution in [0.25, 0.3) is 0 Å². The van der Waals surface area contributed by atoms with Crippen molar-refractivity contribution in [2.45, 2.75) is 482 Å². The number of ether oxygens (including phenoxy) is 2. The average Bonchev–Trinajstić information content (AvgIpc) is 1.35. The topological polar surface area (TPSA) is 134 Å². The number of rotatable bonds is 85. The number of carbonyl (C=O) groups is 2. The lowest BCUT2D eigenvalue weighted by Crippen LogP contribution is -2.29. The highest BCUT2D eigenvalue weighted by molar-refractivity contribution is 7.47. The van der Waals surface area contributed by atoms with Gasteiger partial charge in [0.1, 0.15) is 6.61 Å². The molecule has 9 nitrogen and oxygen atoms in total. The molecule has 0 amide bonds. The molecule has 0 aromatic heterocycles. The molecule has 0 aliphatic rings. The molecule has 0 bridgehead atoms. The third kappa shape index (κ3) is 84.8. The minimum Gasteiger partial charge on any atom is -0.462 e. The first-order chi connectivity index (χ1) is 48.8. The van der Waals surface area contributed by atoms with Gasteiger partial charge in [-0.1, -0.05) is 461 Å². The first-order valence-electron chi connectivity index (χ1n) is 44.1. The van der Waals surface area contributed by atoms with Gasteiger partial charge in [-0.3, -0.25) is 18.6 Å². The molecule has 99 heavy (non-hydrogen) atoms. The molecule has 0 radical (unpaired) electrons. The van der Waals surface area contributed by atoms with Gasteiger partial charge < -0.3 is 20.1 Å². The van der Waals surface area contributed by atoms with Crippen LogP contribution in [-0.2, 0) is 32.7 Å². The minimum absolute atomic E-state index is 0.0569. The quantitative estimate of drug-likeness (QED) is 0.0264. The first kappa shape index (κ1) is 97.0. The number of hydrogen-bond donors (Lipinski definition) is 2. The maximum absolute atomic E-state index is 12.8. The minimum atomic E-state index is -4.40. The van der Waals surface area contributed by atoms with Gasteiger partial charge in [0, 0.05) is 19.4 Å². The van der Waals surface area contributed by atoms with Gasteiger partial charge in [-0.2, -0.15) is 0 Å². The number of carbonyl (C=O) groups excluding carboxylic acids is 2. The molecule has 0 aliphatic heterocycles. The maximum atomic E-state index is 12.8. The van der Waals surface area contributed by atoms with Crippen molar-refractivity contribution in [1.29, 1.82) is 0 Å². The van der Waals surface area contributed by atoms with Gasteiger partial charge in [0.25, 0.3) is 0 Å². The lowest BCUT2D eigenvalue weighted by molar-refractivity contribution is -0.161. The molecule has 0 aliphatic carbocycles. The van der Waals surface area contributed by atoms with Crippen LogP contribution in [0.15, 0.2) is 48.6 Å². The molecule has 10 heteroatoms. The molecule has 0 rings (SSSR count). The van der Waals surface area contributed by atoms with E-state index in [9.17, 15) is 19.0 Å². The molecule has 0 aromatic rings. The standard InChI is InChI=1S/C89H170NO8P/c1-3-5-7-9-11-13-15-17-19-21-23-25-27-29-31-33-35-37-39-41-43-45-47-49-51-53-55-57-59-61-63-65-67-69-71-73-75-77-79-81-88(91)95-85-87(86-97-99(93,94)96-84-83-90)98-89(92)82-80-78-76-74-72-70-68-66-64-62-60-58-56-54-52-50-48-46-44-42-40-38-36-34-32-30-28-26-24-22-20-18-16-14-12-10-8-6-4-2/h6,8,12,14,18,20,24,26,87H,3-5,7,9-11,13,15-17,19,21-23,25,27-86,90H2,1-2H3,(H,93,94)/b8-6-,14-12-,20-18-,26-24-. The zero-order valence-corrected chi connectivity index (χ0v) is 67.2. The highest BCUT2D eigenvalue weighted by Crippen LogP contribution is 2.43. The fraction of sp³-hybridized carbons (Fsp3) is 0.888. The van der Waals surface area contributed by atoms with Crippen molar-refractivity contribution in [3.8, 4) is 0 Å². The van der Waals surface area contributed by atoms with Crippen LogP contribution in [0.3, 0.4) is 0 Å². The van der Waals surface area contributed by atoms with Crippen LogP contribution >= 0.6 is 7.82 Å². The Labute approximate surface area is 617 Å². The van der Waals surface area contributed by atoms with E-state index < -0.39 is 26.5 Å². The SMILES string of the molecule is CC/C=C\C/C=C\C/C=C\C/C=C\CCCCCCCCCCCCCCCCCCCCCCCCCCCCC(=O)OC(COC(=O)CCCCCCCCCCCCCCCCCCCCCCCCCCCCCCCCCCCCCCCCC)COP(=O)(O)OCCN. The summed E-state index contributed by atoms with van der Waals surface area (Å²) < 4.78 is 33.3. The Hall–Kier alpha value is -2.03. The monoisotopic (exact) mass is 1410 g/mol. The Morgan fingerprint density at radius 2 is 0.556 bits per heavy atom. The third-order valence-corrected chi connectivity index (χ3v) is 21.2. The van der Waals surface area contributed by atoms with E-state index >= 15 is 0 Å². The predicted octanol–water partition coefficient (Wildman–Crippen LogP) is 29.9. The number of nitrogens with two attached hydrogens (primary N) is 1. The third-order valence-electron chi connectivity index (χ3n) is 20.2. The second-order valence-electron chi connectivity index (χ2n) is 30.1. The lowest BCUT2D eigenvalue weighted by atomic mass is 10.0. The number of esters is 2. The summed E-state index contributed by atoms with van der Waals surface area (Å²) in [5.41, 5.74) is 5.43. The van der Waals surface area contributed by atoms with Crippen molar-refractivity contribution in [3.63, 3.8) is 0 Å². The normalized spacial score (nSPS) is 13.0. The van der Waals surface area contributed by atoms with E-state index in [4.69, 9.17) is 24.3 Å². The highest BCUT2D eigenvalue weighted by atomic mass is 31.2. The van der Waals surface area contributed by atoms with E-state index in [0.29, 0.717) is 6.42 Å². The number of unbranched alkanes of at least 4 members (excludes halogenated alkanes) is 64. The Kier molecular flexibility index (Phi) is 83.2. The van der Waals surface area contributed by atoms with E-state index in [2.05, 4.69) is 62.5 Å². The molecule has 2 atom stereocenters. The van der Waals surface area contributed by atoms with Crippen molar-refractivity contribution in [1.82, 2.24) is 0 Å². The summed E-state index contributed by atoms with van der Waals surface area (Å²) in [5, 5.41) is 0. The molecule has 0 fully saturated rings. The Morgan fingerprint density at radius 1 is 0.313 bits per heavy atom. The summed E-state index contributed by atoms with van der Waals surface area (Å²) in [4.78, 5) is 35.5. The molecule has 3 N–H and O–H groups in total. The van der Waals surface area contributed by atoms with E-state index in [1.165, 1.54) is 385 Å². The lowest BCUT2D eigenvalue weighted by Gasteiger charge is -2.19. The molecule has 0 heterocycles.